The molecule has 0 spiro atoms. The first-order chi connectivity index (χ1) is 9.10. The Morgan fingerprint density at radius 2 is 2.32 bits per heavy atom. The molecule has 1 aliphatic rings. The van der Waals surface area contributed by atoms with Gasteiger partial charge in [0.2, 0.25) is 5.91 Å². The van der Waals surface area contributed by atoms with Gasteiger partial charge >= 0.3 is 0 Å². The molecule has 102 valence electrons. The summed E-state index contributed by atoms with van der Waals surface area (Å²) in [4.78, 5) is 23.0. The maximum Gasteiger partial charge on any atom is 0.265 e. The molecule has 0 saturated carbocycles. The second-order valence-corrected chi connectivity index (χ2v) is 4.15. The summed E-state index contributed by atoms with van der Waals surface area (Å²) in [6.45, 7) is 3.99. The van der Waals surface area contributed by atoms with Gasteiger partial charge in [-0.3, -0.25) is 9.59 Å². The predicted molar refractivity (Wildman–Crippen MR) is 70.3 cm³/mol. The molecule has 2 rings (SSSR count). The van der Waals surface area contributed by atoms with Crippen molar-refractivity contribution >= 4 is 23.2 Å². The number of anilines is 2. The number of fused-ring (bicyclic) bond motifs is 1. The Bertz CT molecular complexity index is 501. The van der Waals surface area contributed by atoms with E-state index in [4.69, 9.17) is 9.47 Å². The van der Waals surface area contributed by atoms with Crippen molar-refractivity contribution in [1.29, 1.82) is 0 Å². The lowest BCUT2D eigenvalue weighted by atomic mass is 10.2. The third-order valence-corrected chi connectivity index (χ3v) is 2.63. The first kappa shape index (κ1) is 13.4. The molecule has 1 aromatic carbocycles. The molecule has 6 nitrogen and oxygen atoms in total. The highest BCUT2D eigenvalue weighted by molar-refractivity contribution is 5.99. The van der Waals surface area contributed by atoms with E-state index in [-0.39, 0.29) is 18.4 Å². The molecular formula is C13H16N2O4. The summed E-state index contributed by atoms with van der Waals surface area (Å²) in [6.07, 6.45) is -0.508. The number of rotatable bonds is 4. The van der Waals surface area contributed by atoms with Gasteiger partial charge in [-0.05, 0) is 32.0 Å². The molecule has 1 aromatic rings. The van der Waals surface area contributed by atoms with E-state index in [9.17, 15) is 9.59 Å². The number of ether oxygens (including phenoxy) is 2. The van der Waals surface area contributed by atoms with Crippen LogP contribution >= 0.6 is 0 Å². The molecule has 0 fully saturated rings. The molecule has 1 unspecified atom stereocenters. The largest absolute Gasteiger partial charge is 0.479 e. The van der Waals surface area contributed by atoms with Gasteiger partial charge in [-0.2, -0.15) is 0 Å². The van der Waals surface area contributed by atoms with Gasteiger partial charge in [0.15, 0.2) is 6.10 Å². The maximum absolute atomic E-state index is 11.5. The minimum atomic E-state index is -0.508. The highest BCUT2D eigenvalue weighted by Crippen LogP contribution is 2.32. The van der Waals surface area contributed by atoms with Gasteiger partial charge < -0.3 is 20.1 Å². The zero-order chi connectivity index (χ0) is 13.8. The van der Waals surface area contributed by atoms with Crippen LogP contribution in [0.2, 0.25) is 0 Å². The second kappa shape index (κ2) is 5.71. The normalized spacial score (nSPS) is 17.2. The maximum atomic E-state index is 11.5. The Kier molecular flexibility index (Phi) is 4.01. The third-order valence-electron chi connectivity index (χ3n) is 2.63. The van der Waals surface area contributed by atoms with Crippen LogP contribution in [0.1, 0.15) is 13.8 Å². The Labute approximate surface area is 111 Å². The summed E-state index contributed by atoms with van der Waals surface area (Å²) >= 11 is 0. The number of amides is 2. The third kappa shape index (κ3) is 3.23. The van der Waals surface area contributed by atoms with E-state index in [0.717, 1.165) is 0 Å². The summed E-state index contributed by atoms with van der Waals surface area (Å²) in [7, 11) is 0. The SMILES string of the molecule is CCOCC(=O)Nc1ccc2c(c1)NC(=O)C(C)O2. The summed E-state index contributed by atoms with van der Waals surface area (Å²) in [5.41, 5.74) is 1.14. The Balaban J connectivity index is 2.07. The van der Waals surface area contributed by atoms with Gasteiger partial charge in [0.05, 0.1) is 5.69 Å². The van der Waals surface area contributed by atoms with Crippen molar-refractivity contribution in [3.05, 3.63) is 18.2 Å². The van der Waals surface area contributed by atoms with Crippen molar-refractivity contribution in [1.82, 2.24) is 0 Å². The van der Waals surface area contributed by atoms with Crippen LogP contribution in [-0.2, 0) is 14.3 Å². The van der Waals surface area contributed by atoms with Gasteiger partial charge in [0.1, 0.15) is 12.4 Å². The fourth-order valence-corrected chi connectivity index (χ4v) is 1.68. The van der Waals surface area contributed by atoms with E-state index in [1.807, 2.05) is 6.92 Å². The van der Waals surface area contributed by atoms with E-state index in [2.05, 4.69) is 10.6 Å². The lowest BCUT2D eigenvalue weighted by Gasteiger charge is -2.23. The number of hydrogen-bond acceptors (Lipinski definition) is 4. The molecular weight excluding hydrogens is 248 g/mol. The topological polar surface area (TPSA) is 76.7 Å². The molecule has 6 heteroatoms. The minimum absolute atomic E-state index is 0.00742. The molecule has 0 aliphatic carbocycles. The first-order valence-corrected chi connectivity index (χ1v) is 6.09. The lowest BCUT2D eigenvalue weighted by molar-refractivity contribution is -0.122. The molecule has 0 aromatic heterocycles. The molecule has 2 N–H and O–H groups in total. The number of carbonyl (C=O) groups excluding carboxylic acids is 2. The van der Waals surface area contributed by atoms with Crippen LogP contribution < -0.4 is 15.4 Å². The second-order valence-electron chi connectivity index (χ2n) is 4.15. The van der Waals surface area contributed by atoms with Crippen molar-refractivity contribution in [2.45, 2.75) is 20.0 Å². The number of hydrogen-bond donors (Lipinski definition) is 2. The van der Waals surface area contributed by atoms with Crippen molar-refractivity contribution in [2.75, 3.05) is 23.8 Å². The van der Waals surface area contributed by atoms with Crippen molar-refractivity contribution < 1.29 is 19.1 Å². The van der Waals surface area contributed by atoms with Crippen LogP contribution in [0.3, 0.4) is 0 Å². The fraction of sp³-hybridized carbons (Fsp3) is 0.385. The standard InChI is InChI=1S/C13H16N2O4/c1-3-18-7-12(16)14-9-4-5-11-10(6-9)15-13(17)8(2)19-11/h4-6,8H,3,7H2,1-2H3,(H,14,16)(H,15,17). The zero-order valence-corrected chi connectivity index (χ0v) is 10.9. The first-order valence-electron chi connectivity index (χ1n) is 6.09. The van der Waals surface area contributed by atoms with E-state index < -0.39 is 6.10 Å². The van der Waals surface area contributed by atoms with Crippen LogP contribution in [0.25, 0.3) is 0 Å². The van der Waals surface area contributed by atoms with Crippen molar-refractivity contribution in [3.8, 4) is 5.75 Å². The van der Waals surface area contributed by atoms with Gasteiger partial charge in [-0.25, -0.2) is 0 Å². The summed E-state index contributed by atoms with van der Waals surface area (Å²) < 4.78 is 10.4. The molecule has 0 saturated heterocycles. The summed E-state index contributed by atoms with van der Waals surface area (Å²) in [6, 6.07) is 5.08. The minimum Gasteiger partial charge on any atom is -0.479 e. The molecule has 1 heterocycles. The fourth-order valence-electron chi connectivity index (χ4n) is 1.68. The summed E-state index contributed by atoms with van der Waals surface area (Å²) in [5, 5.41) is 5.40. The highest BCUT2D eigenvalue weighted by Gasteiger charge is 2.23. The van der Waals surface area contributed by atoms with Crippen LogP contribution in [0.5, 0.6) is 5.75 Å². The van der Waals surface area contributed by atoms with Gasteiger partial charge in [-0.15, -0.1) is 0 Å². The zero-order valence-electron chi connectivity index (χ0n) is 10.9. The van der Waals surface area contributed by atoms with Gasteiger partial charge in [0.25, 0.3) is 5.91 Å². The predicted octanol–water partition coefficient (Wildman–Crippen LogP) is 1.38. The molecule has 1 aliphatic heterocycles. The Morgan fingerprint density at radius 1 is 1.53 bits per heavy atom. The van der Waals surface area contributed by atoms with E-state index in [1.165, 1.54) is 0 Å². The molecule has 19 heavy (non-hydrogen) atoms. The Hall–Kier alpha value is -2.08. The van der Waals surface area contributed by atoms with Crippen LogP contribution in [-0.4, -0.2) is 31.1 Å². The number of nitrogens with one attached hydrogen (secondary N) is 2. The monoisotopic (exact) mass is 264 g/mol. The lowest BCUT2D eigenvalue weighted by Crippen LogP contribution is -2.34. The van der Waals surface area contributed by atoms with Crippen LogP contribution in [0, 0.1) is 0 Å². The van der Waals surface area contributed by atoms with E-state index in [1.54, 1.807) is 25.1 Å². The quantitative estimate of drug-likeness (QED) is 0.861. The average molecular weight is 264 g/mol. The molecule has 1 atom stereocenters. The smallest absolute Gasteiger partial charge is 0.265 e. The molecule has 2 amide bonds. The molecule has 0 bridgehead atoms. The number of benzene rings is 1. The highest BCUT2D eigenvalue weighted by atomic mass is 16.5. The molecule has 0 radical (unpaired) electrons. The summed E-state index contributed by atoms with van der Waals surface area (Å²) in [5.74, 6) is 0.151. The average Bonchev–Trinajstić information content (AvgIpc) is 2.38. The van der Waals surface area contributed by atoms with Crippen molar-refractivity contribution in [3.63, 3.8) is 0 Å². The van der Waals surface area contributed by atoms with Crippen LogP contribution in [0.15, 0.2) is 18.2 Å². The van der Waals surface area contributed by atoms with E-state index >= 15 is 0 Å². The van der Waals surface area contributed by atoms with E-state index in [0.29, 0.717) is 23.7 Å². The van der Waals surface area contributed by atoms with Gasteiger partial charge in [-0.1, -0.05) is 0 Å². The van der Waals surface area contributed by atoms with Crippen LogP contribution in [0.4, 0.5) is 11.4 Å². The van der Waals surface area contributed by atoms with Gasteiger partial charge in [0, 0.05) is 12.3 Å². The van der Waals surface area contributed by atoms with Crippen molar-refractivity contribution in [2.24, 2.45) is 0 Å². The Morgan fingerprint density at radius 3 is 3.05 bits per heavy atom. The number of carbonyl (C=O) groups is 2.